The molecule has 1 amide bonds. The van der Waals surface area contributed by atoms with Gasteiger partial charge in [0, 0.05) is 24.0 Å². The number of esters is 1. The van der Waals surface area contributed by atoms with E-state index in [0.29, 0.717) is 5.13 Å². The summed E-state index contributed by atoms with van der Waals surface area (Å²) in [6, 6.07) is 1.45. The van der Waals surface area contributed by atoms with Crippen molar-refractivity contribution in [2.45, 2.75) is 6.92 Å². The molecule has 0 saturated heterocycles. The highest BCUT2D eigenvalue weighted by Gasteiger charge is 2.18. The predicted octanol–water partition coefficient (Wildman–Crippen LogP) is 1.97. The predicted molar refractivity (Wildman–Crippen MR) is 70.3 cm³/mol. The number of amides is 1. The van der Waals surface area contributed by atoms with E-state index < -0.39 is 11.9 Å². The highest BCUT2D eigenvalue weighted by Crippen LogP contribution is 2.14. The lowest BCUT2D eigenvalue weighted by Gasteiger charge is -2.07. The van der Waals surface area contributed by atoms with Crippen LogP contribution >= 0.6 is 11.3 Å². The minimum atomic E-state index is -0.547. The smallest absolute Gasteiger partial charge is 0.339 e. The van der Waals surface area contributed by atoms with Crippen LogP contribution in [0.15, 0.2) is 30.0 Å². The molecular weight excluding hydrogens is 266 g/mol. The second-order valence-electron chi connectivity index (χ2n) is 3.43. The molecule has 0 aliphatic rings. The molecule has 2 heterocycles. The van der Waals surface area contributed by atoms with E-state index in [0.717, 1.165) is 0 Å². The second-order valence-corrected chi connectivity index (χ2v) is 4.33. The summed E-state index contributed by atoms with van der Waals surface area (Å²) in [6.07, 6.45) is 4.34. The minimum absolute atomic E-state index is 0.163. The zero-order chi connectivity index (χ0) is 13.7. The Bertz CT molecular complexity index is 584. The van der Waals surface area contributed by atoms with Gasteiger partial charge in [-0.15, -0.1) is 11.3 Å². The Hall–Kier alpha value is -2.28. The summed E-state index contributed by atoms with van der Waals surface area (Å²) in [7, 11) is 0. The summed E-state index contributed by atoms with van der Waals surface area (Å²) in [5.74, 6) is -0.986. The van der Waals surface area contributed by atoms with Gasteiger partial charge >= 0.3 is 5.97 Å². The van der Waals surface area contributed by atoms with Crippen LogP contribution in [-0.2, 0) is 4.74 Å². The lowest BCUT2D eigenvalue weighted by atomic mass is 10.1. The molecule has 0 bridgehead atoms. The minimum Gasteiger partial charge on any atom is -0.462 e. The van der Waals surface area contributed by atoms with Crippen LogP contribution in [-0.4, -0.2) is 28.5 Å². The first-order chi connectivity index (χ1) is 9.22. The molecule has 0 fully saturated rings. The first-order valence-electron chi connectivity index (χ1n) is 5.54. The third kappa shape index (κ3) is 3.14. The maximum absolute atomic E-state index is 12.0. The fourth-order valence-electron chi connectivity index (χ4n) is 1.41. The number of carbonyl (C=O) groups excluding carboxylic acids is 2. The van der Waals surface area contributed by atoms with Crippen LogP contribution in [0.4, 0.5) is 5.13 Å². The van der Waals surface area contributed by atoms with Crippen molar-refractivity contribution >= 4 is 28.3 Å². The maximum Gasteiger partial charge on any atom is 0.339 e. The molecule has 6 nitrogen and oxygen atoms in total. The molecule has 0 spiro atoms. The van der Waals surface area contributed by atoms with Gasteiger partial charge in [0.25, 0.3) is 5.91 Å². The summed E-state index contributed by atoms with van der Waals surface area (Å²) in [4.78, 5) is 31.6. The van der Waals surface area contributed by atoms with Crippen molar-refractivity contribution in [3.05, 3.63) is 41.2 Å². The van der Waals surface area contributed by atoms with E-state index >= 15 is 0 Å². The maximum atomic E-state index is 12.0. The number of anilines is 1. The monoisotopic (exact) mass is 277 g/mol. The fourth-order valence-corrected chi connectivity index (χ4v) is 1.94. The fraction of sp³-hybridized carbons (Fsp3) is 0.167. The molecule has 0 aliphatic heterocycles. The molecule has 0 aliphatic carbocycles. The molecule has 2 rings (SSSR count). The highest BCUT2D eigenvalue weighted by molar-refractivity contribution is 7.13. The van der Waals surface area contributed by atoms with Crippen LogP contribution in [0.2, 0.25) is 0 Å². The van der Waals surface area contributed by atoms with Crippen LogP contribution < -0.4 is 5.32 Å². The largest absolute Gasteiger partial charge is 0.462 e. The van der Waals surface area contributed by atoms with E-state index in [9.17, 15) is 9.59 Å². The third-order valence-corrected chi connectivity index (χ3v) is 2.90. The average molecular weight is 277 g/mol. The van der Waals surface area contributed by atoms with Crippen molar-refractivity contribution in [1.29, 1.82) is 0 Å². The second kappa shape index (κ2) is 6.05. The topological polar surface area (TPSA) is 81.2 Å². The van der Waals surface area contributed by atoms with Gasteiger partial charge in [-0.2, -0.15) is 0 Å². The van der Waals surface area contributed by atoms with Gasteiger partial charge < -0.3 is 4.74 Å². The standard InChI is InChI=1S/C12H11N3O3S/c1-2-18-11(17)8-3-4-13-7-9(8)10(16)15-12-14-5-6-19-12/h3-7H,2H2,1H3,(H,14,15,16). The number of thiazole rings is 1. The number of aromatic nitrogens is 2. The van der Waals surface area contributed by atoms with Crippen LogP contribution in [0, 0.1) is 0 Å². The first-order valence-corrected chi connectivity index (χ1v) is 6.42. The molecule has 2 aromatic rings. The number of carbonyl (C=O) groups is 2. The van der Waals surface area contributed by atoms with E-state index in [1.165, 1.54) is 29.8 Å². The molecule has 0 radical (unpaired) electrons. The van der Waals surface area contributed by atoms with E-state index in [2.05, 4.69) is 15.3 Å². The summed E-state index contributed by atoms with van der Waals surface area (Å²) < 4.78 is 4.89. The van der Waals surface area contributed by atoms with Gasteiger partial charge in [-0.1, -0.05) is 0 Å². The lowest BCUT2D eigenvalue weighted by molar-refractivity contribution is 0.0523. The molecule has 7 heteroatoms. The van der Waals surface area contributed by atoms with Crippen molar-refractivity contribution in [2.75, 3.05) is 11.9 Å². The quantitative estimate of drug-likeness (QED) is 0.864. The third-order valence-electron chi connectivity index (χ3n) is 2.21. The van der Waals surface area contributed by atoms with Crippen LogP contribution in [0.3, 0.4) is 0 Å². The lowest BCUT2D eigenvalue weighted by Crippen LogP contribution is -2.18. The number of nitrogens with zero attached hydrogens (tertiary/aromatic N) is 2. The SMILES string of the molecule is CCOC(=O)c1ccncc1C(=O)Nc1nccs1. The Labute approximate surface area is 113 Å². The molecule has 98 valence electrons. The summed E-state index contributed by atoms with van der Waals surface area (Å²) in [6.45, 7) is 1.95. The molecular formula is C12H11N3O3S. The van der Waals surface area contributed by atoms with Gasteiger partial charge in [0.1, 0.15) is 0 Å². The van der Waals surface area contributed by atoms with Crippen molar-refractivity contribution < 1.29 is 14.3 Å². The zero-order valence-corrected chi connectivity index (χ0v) is 10.9. The number of hydrogen-bond donors (Lipinski definition) is 1. The first kappa shape index (κ1) is 13.2. The number of rotatable bonds is 4. The average Bonchev–Trinajstić information content (AvgIpc) is 2.92. The molecule has 19 heavy (non-hydrogen) atoms. The van der Waals surface area contributed by atoms with Crippen molar-refractivity contribution in [3.63, 3.8) is 0 Å². The van der Waals surface area contributed by atoms with E-state index in [1.54, 1.807) is 18.5 Å². The van der Waals surface area contributed by atoms with E-state index in [4.69, 9.17) is 4.74 Å². The normalized spacial score (nSPS) is 9.95. The van der Waals surface area contributed by atoms with Crippen molar-refractivity contribution in [1.82, 2.24) is 9.97 Å². The number of ether oxygens (including phenoxy) is 1. The van der Waals surface area contributed by atoms with Gasteiger partial charge in [-0.05, 0) is 13.0 Å². The molecule has 0 saturated carbocycles. The van der Waals surface area contributed by atoms with Gasteiger partial charge in [-0.25, -0.2) is 9.78 Å². The number of pyridine rings is 1. The Morgan fingerprint density at radius 3 is 2.89 bits per heavy atom. The number of nitrogens with one attached hydrogen (secondary N) is 1. The highest BCUT2D eigenvalue weighted by atomic mass is 32.1. The summed E-state index contributed by atoms with van der Waals surface area (Å²) >= 11 is 1.29. The van der Waals surface area contributed by atoms with Gasteiger partial charge in [0.2, 0.25) is 0 Å². The molecule has 0 unspecified atom stereocenters. The number of hydrogen-bond acceptors (Lipinski definition) is 6. The Balaban J connectivity index is 2.24. The summed E-state index contributed by atoms with van der Waals surface area (Å²) in [5.41, 5.74) is 0.349. The Morgan fingerprint density at radius 2 is 2.21 bits per heavy atom. The van der Waals surface area contributed by atoms with Crippen LogP contribution in [0.1, 0.15) is 27.6 Å². The van der Waals surface area contributed by atoms with E-state index in [1.807, 2.05) is 0 Å². The summed E-state index contributed by atoms with van der Waals surface area (Å²) in [5, 5.41) is 4.80. The van der Waals surface area contributed by atoms with Crippen molar-refractivity contribution in [3.8, 4) is 0 Å². The molecule has 0 aromatic carbocycles. The van der Waals surface area contributed by atoms with Crippen LogP contribution in [0.5, 0.6) is 0 Å². The van der Waals surface area contributed by atoms with E-state index in [-0.39, 0.29) is 17.7 Å². The molecule has 0 atom stereocenters. The Kier molecular flexibility index (Phi) is 4.19. The van der Waals surface area contributed by atoms with Gasteiger partial charge in [-0.3, -0.25) is 15.1 Å². The van der Waals surface area contributed by atoms with Crippen LogP contribution in [0.25, 0.3) is 0 Å². The van der Waals surface area contributed by atoms with Gasteiger partial charge in [0.05, 0.1) is 17.7 Å². The van der Waals surface area contributed by atoms with Gasteiger partial charge in [0.15, 0.2) is 5.13 Å². The molecule has 1 N–H and O–H groups in total. The van der Waals surface area contributed by atoms with Crippen molar-refractivity contribution in [2.24, 2.45) is 0 Å². The Morgan fingerprint density at radius 1 is 1.37 bits per heavy atom. The molecule has 2 aromatic heterocycles. The zero-order valence-electron chi connectivity index (χ0n) is 10.1.